The Morgan fingerprint density at radius 1 is 1.25 bits per heavy atom. The molecule has 1 aromatic heterocycles. The molecule has 0 amide bonds. The van der Waals surface area contributed by atoms with Gasteiger partial charge in [-0.1, -0.05) is 0 Å². The second-order valence-electron chi connectivity index (χ2n) is 5.63. The second-order valence-corrected chi connectivity index (χ2v) is 5.63. The van der Waals surface area contributed by atoms with Crippen molar-refractivity contribution in [1.82, 2.24) is 9.55 Å². The average Bonchev–Trinajstić information content (AvgIpc) is 3.12. The lowest BCUT2D eigenvalue weighted by molar-refractivity contribution is 0.189. The highest BCUT2D eigenvalue weighted by molar-refractivity contribution is 5.47. The number of aromatic nitrogens is 2. The van der Waals surface area contributed by atoms with E-state index in [4.69, 9.17) is 9.47 Å². The summed E-state index contributed by atoms with van der Waals surface area (Å²) in [7, 11) is 0. The molecule has 1 atom stereocenters. The first-order chi connectivity index (χ1) is 11.5. The molecule has 0 saturated carbocycles. The zero-order chi connectivity index (χ0) is 16.8. The van der Waals surface area contributed by atoms with Crippen LogP contribution < -0.4 is 15.3 Å². The summed E-state index contributed by atoms with van der Waals surface area (Å²) in [5, 5.41) is 0. The summed E-state index contributed by atoms with van der Waals surface area (Å²) in [5.41, 5.74) is -0.371. The number of nitrogens with zero attached hydrogens (tertiary/aromatic N) is 3. The molecule has 9 heteroatoms. The van der Waals surface area contributed by atoms with Gasteiger partial charge in [-0.25, -0.2) is 18.0 Å². The number of anilines is 1. The molecule has 0 radical (unpaired) electrons. The van der Waals surface area contributed by atoms with Gasteiger partial charge in [0.15, 0.2) is 17.5 Å². The fraction of sp³-hybridized carbons (Fsp3) is 0.333. The summed E-state index contributed by atoms with van der Waals surface area (Å²) in [5.74, 6) is -3.47. The van der Waals surface area contributed by atoms with Crippen molar-refractivity contribution < 1.29 is 22.6 Å². The molecule has 0 spiro atoms. The summed E-state index contributed by atoms with van der Waals surface area (Å²) in [4.78, 5) is 17.8. The molecule has 2 aliphatic heterocycles. The van der Waals surface area contributed by atoms with Gasteiger partial charge in [-0.15, -0.1) is 0 Å². The van der Waals surface area contributed by atoms with E-state index < -0.39 is 23.1 Å². The van der Waals surface area contributed by atoms with E-state index in [9.17, 15) is 18.0 Å². The smallest absolute Gasteiger partial charge is 0.352 e. The van der Waals surface area contributed by atoms with Crippen LogP contribution in [0, 0.1) is 17.5 Å². The summed E-state index contributed by atoms with van der Waals surface area (Å²) in [6.07, 6.45) is 0. The molecule has 2 aromatic rings. The van der Waals surface area contributed by atoms with Crippen LogP contribution in [-0.4, -0.2) is 28.9 Å². The van der Waals surface area contributed by atoms with E-state index >= 15 is 0 Å². The Morgan fingerprint density at radius 2 is 2.00 bits per heavy atom. The zero-order valence-corrected chi connectivity index (χ0v) is 12.3. The number of ether oxygens (including phenoxy) is 2. The van der Waals surface area contributed by atoms with Crippen molar-refractivity contribution in [3.63, 3.8) is 0 Å². The number of halogens is 3. The lowest BCUT2D eigenvalue weighted by Crippen LogP contribution is -2.26. The summed E-state index contributed by atoms with van der Waals surface area (Å²) < 4.78 is 51.5. The fourth-order valence-corrected chi connectivity index (χ4v) is 2.90. The Morgan fingerprint density at radius 3 is 2.75 bits per heavy atom. The van der Waals surface area contributed by atoms with Gasteiger partial charge in [0.05, 0.1) is 19.2 Å². The highest BCUT2D eigenvalue weighted by Crippen LogP contribution is 2.29. The molecule has 0 bridgehead atoms. The summed E-state index contributed by atoms with van der Waals surface area (Å²) in [6.45, 7) is 1.16. The normalized spacial score (nSPS) is 18.6. The van der Waals surface area contributed by atoms with E-state index in [0.717, 1.165) is 12.1 Å². The van der Waals surface area contributed by atoms with Gasteiger partial charge in [-0.2, -0.15) is 4.98 Å². The predicted molar refractivity (Wildman–Crippen MR) is 76.2 cm³/mol. The van der Waals surface area contributed by atoms with Crippen LogP contribution >= 0.6 is 0 Å². The van der Waals surface area contributed by atoms with E-state index in [-0.39, 0.29) is 24.1 Å². The van der Waals surface area contributed by atoms with Crippen molar-refractivity contribution in [3.8, 4) is 5.88 Å². The SMILES string of the molecule is O=c1nc(OCc2cc(F)c(F)c(F)c2)cc2n1C[C@H]1COCN21. The molecule has 2 aliphatic rings. The van der Waals surface area contributed by atoms with Gasteiger partial charge in [0.2, 0.25) is 5.88 Å². The van der Waals surface area contributed by atoms with Crippen LogP contribution in [0.15, 0.2) is 23.0 Å². The van der Waals surface area contributed by atoms with Crippen molar-refractivity contribution >= 4 is 5.82 Å². The number of benzene rings is 1. The molecule has 0 N–H and O–H groups in total. The predicted octanol–water partition coefficient (Wildman–Crippen LogP) is 1.42. The van der Waals surface area contributed by atoms with E-state index in [2.05, 4.69) is 4.98 Å². The first-order valence-corrected chi connectivity index (χ1v) is 7.25. The minimum Gasteiger partial charge on any atom is -0.473 e. The van der Waals surface area contributed by atoms with Gasteiger partial charge >= 0.3 is 5.69 Å². The van der Waals surface area contributed by atoms with Crippen molar-refractivity contribution in [1.29, 1.82) is 0 Å². The molecule has 1 fully saturated rings. The third-order valence-electron chi connectivity index (χ3n) is 4.07. The van der Waals surface area contributed by atoms with Crippen LogP contribution in [0.4, 0.5) is 19.0 Å². The number of fused-ring (bicyclic) bond motifs is 3. The highest BCUT2D eigenvalue weighted by atomic mass is 19.2. The monoisotopic (exact) mass is 339 g/mol. The van der Waals surface area contributed by atoms with Gasteiger partial charge in [0, 0.05) is 6.07 Å². The summed E-state index contributed by atoms with van der Waals surface area (Å²) in [6, 6.07) is 3.34. The van der Waals surface area contributed by atoms with E-state index in [0.29, 0.717) is 25.7 Å². The molecule has 24 heavy (non-hydrogen) atoms. The van der Waals surface area contributed by atoms with Crippen LogP contribution in [0.2, 0.25) is 0 Å². The Labute approximate surface area is 134 Å². The molecule has 4 rings (SSSR count). The van der Waals surface area contributed by atoms with Crippen LogP contribution in [0.1, 0.15) is 5.56 Å². The molecule has 6 nitrogen and oxygen atoms in total. The number of rotatable bonds is 3. The van der Waals surface area contributed by atoms with Crippen molar-refractivity contribution in [3.05, 3.63) is 51.7 Å². The van der Waals surface area contributed by atoms with Crippen LogP contribution in [0.25, 0.3) is 0 Å². The van der Waals surface area contributed by atoms with Gasteiger partial charge in [-0.05, 0) is 17.7 Å². The molecule has 1 aromatic carbocycles. The molecule has 0 aliphatic carbocycles. The van der Waals surface area contributed by atoms with Crippen LogP contribution in [0.3, 0.4) is 0 Å². The molecule has 126 valence electrons. The largest absolute Gasteiger partial charge is 0.473 e. The average molecular weight is 339 g/mol. The second kappa shape index (κ2) is 5.52. The van der Waals surface area contributed by atoms with Gasteiger partial charge in [-0.3, -0.25) is 4.57 Å². The van der Waals surface area contributed by atoms with Crippen molar-refractivity contribution in [2.75, 3.05) is 18.2 Å². The van der Waals surface area contributed by atoms with Crippen molar-refractivity contribution in [2.45, 2.75) is 19.2 Å². The van der Waals surface area contributed by atoms with E-state index in [1.54, 1.807) is 6.07 Å². The maximum Gasteiger partial charge on any atom is 0.352 e. The molecular weight excluding hydrogens is 327 g/mol. The summed E-state index contributed by atoms with van der Waals surface area (Å²) >= 11 is 0. The maximum absolute atomic E-state index is 13.2. The lowest BCUT2D eigenvalue weighted by Gasteiger charge is -2.15. The Hall–Kier alpha value is -2.55. The Kier molecular flexibility index (Phi) is 3.45. The third kappa shape index (κ3) is 2.41. The van der Waals surface area contributed by atoms with E-state index in [1.807, 2.05) is 4.90 Å². The maximum atomic E-state index is 13.2. The Balaban J connectivity index is 1.57. The van der Waals surface area contributed by atoms with Gasteiger partial charge in [0.25, 0.3) is 0 Å². The minimum atomic E-state index is -1.53. The number of hydrogen-bond donors (Lipinski definition) is 0. The fourth-order valence-electron chi connectivity index (χ4n) is 2.90. The topological polar surface area (TPSA) is 56.6 Å². The lowest BCUT2D eigenvalue weighted by atomic mass is 10.2. The van der Waals surface area contributed by atoms with Gasteiger partial charge < -0.3 is 14.4 Å². The highest BCUT2D eigenvalue weighted by Gasteiger charge is 2.35. The molecule has 0 unspecified atom stereocenters. The number of hydrogen-bond acceptors (Lipinski definition) is 5. The van der Waals surface area contributed by atoms with Crippen molar-refractivity contribution in [2.24, 2.45) is 0 Å². The zero-order valence-electron chi connectivity index (χ0n) is 12.3. The molecular formula is C15H12F3N3O3. The van der Waals surface area contributed by atoms with Crippen LogP contribution in [0.5, 0.6) is 5.88 Å². The Bertz CT molecular complexity index is 848. The molecule has 1 saturated heterocycles. The first kappa shape index (κ1) is 15.0. The standard InChI is InChI=1S/C15H12F3N3O3/c16-10-1-8(2-11(17)14(10)18)5-24-12-3-13-20(15(22)19-12)4-9-6-23-7-21(9)13/h1-3,9H,4-7H2/t9-/m0/s1. The quantitative estimate of drug-likeness (QED) is 0.792. The first-order valence-electron chi connectivity index (χ1n) is 7.25. The van der Waals surface area contributed by atoms with Gasteiger partial charge in [0.1, 0.15) is 19.2 Å². The van der Waals surface area contributed by atoms with E-state index in [1.165, 1.54) is 4.57 Å². The minimum absolute atomic E-state index is 0.0314. The molecule has 3 heterocycles. The third-order valence-corrected chi connectivity index (χ3v) is 4.07. The van der Waals surface area contributed by atoms with Crippen LogP contribution in [-0.2, 0) is 17.9 Å².